The highest BCUT2D eigenvalue weighted by atomic mass is 16.6. The van der Waals surface area contributed by atoms with Crippen LogP contribution in [-0.4, -0.2) is 62.8 Å². The summed E-state index contributed by atoms with van der Waals surface area (Å²) < 4.78 is 17.5. The number of amides is 1. The fourth-order valence-corrected chi connectivity index (χ4v) is 4.84. The summed E-state index contributed by atoms with van der Waals surface area (Å²) in [6.45, 7) is 10.4. The van der Waals surface area contributed by atoms with Gasteiger partial charge in [0, 0.05) is 22.5 Å². The number of nitrogens with zero attached hydrogens (tertiary/aromatic N) is 5. The molecule has 1 saturated heterocycles. The number of nitrogens with one attached hydrogen (secondary N) is 2. The first-order valence-electron chi connectivity index (χ1n) is 13.8. The molecule has 2 N–H and O–H groups in total. The highest BCUT2D eigenvalue weighted by Crippen LogP contribution is 2.31. The molecular weight excluding hydrogens is 534 g/mol. The second kappa shape index (κ2) is 10.8. The molecule has 1 fully saturated rings. The summed E-state index contributed by atoms with van der Waals surface area (Å²) in [5.41, 5.74) is 3.80. The Bertz CT molecular complexity index is 1670. The van der Waals surface area contributed by atoms with Crippen LogP contribution in [0.4, 0.5) is 22.0 Å². The number of amidine groups is 1. The van der Waals surface area contributed by atoms with Crippen LogP contribution in [0.5, 0.6) is 11.5 Å². The molecule has 4 aromatic rings. The maximum atomic E-state index is 12.4. The molecule has 11 nitrogen and oxygen atoms in total. The smallest absolute Gasteiger partial charge is 0.410 e. The highest BCUT2D eigenvalue weighted by Gasteiger charge is 2.42. The van der Waals surface area contributed by atoms with Crippen LogP contribution in [0.15, 0.2) is 66.0 Å². The predicted molar refractivity (Wildman–Crippen MR) is 161 cm³/mol. The first kappa shape index (κ1) is 27.3. The third-order valence-electron chi connectivity index (χ3n) is 6.87. The van der Waals surface area contributed by atoms with Crippen LogP contribution in [0, 0.1) is 13.8 Å². The van der Waals surface area contributed by atoms with E-state index >= 15 is 0 Å². The zero-order valence-corrected chi connectivity index (χ0v) is 24.2. The Kier molecular flexibility index (Phi) is 7.01. The van der Waals surface area contributed by atoms with Gasteiger partial charge in [-0.3, -0.25) is 4.98 Å². The van der Waals surface area contributed by atoms with Crippen molar-refractivity contribution in [2.75, 3.05) is 23.7 Å². The minimum atomic E-state index is -0.546. The second-order valence-corrected chi connectivity index (χ2v) is 11.5. The Labute approximate surface area is 244 Å². The molecule has 42 heavy (non-hydrogen) atoms. The molecule has 0 spiro atoms. The van der Waals surface area contributed by atoms with Gasteiger partial charge in [-0.1, -0.05) is 0 Å². The number of aromatic nitrogens is 3. The van der Waals surface area contributed by atoms with Crippen molar-refractivity contribution in [3.05, 3.63) is 72.3 Å². The number of carbonyl (C=O) groups is 1. The number of likely N-dealkylation sites (tertiary alicyclic amines) is 1. The Balaban J connectivity index is 1.14. The van der Waals surface area contributed by atoms with E-state index in [9.17, 15) is 4.79 Å². The van der Waals surface area contributed by atoms with E-state index in [1.54, 1.807) is 11.1 Å². The zero-order chi connectivity index (χ0) is 29.4. The molecule has 0 bridgehead atoms. The number of aryl methyl sites for hydroxylation is 2. The molecule has 0 saturated carbocycles. The molecule has 216 valence electrons. The normalized spacial score (nSPS) is 17.8. The first-order chi connectivity index (χ1) is 20.1. The summed E-state index contributed by atoms with van der Waals surface area (Å²) >= 11 is 0. The number of aliphatic imine (C=N–C) groups is 1. The maximum absolute atomic E-state index is 12.4. The summed E-state index contributed by atoms with van der Waals surface area (Å²) in [6.07, 6.45) is 2.69. The lowest BCUT2D eigenvalue weighted by Crippen LogP contribution is -2.36. The van der Waals surface area contributed by atoms with Gasteiger partial charge in [0.15, 0.2) is 0 Å². The fourth-order valence-electron chi connectivity index (χ4n) is 4.84. The summed E-state index contributed by atoms with van der Waals surface area (Å²) in [5, 5.41) is 7.51. The van der Waals surface area contributed by atoms with Crippen LogP contribution < -0.4 is 15.4 Å². The molecule has 2 aromatic heterocycles. The maximum Gasteiger partial charge on any atom is 0.410 e. The number of hydrogen-bond acceptors (Lipinski definition) is 10. The topological polar surface area (TPSA) is 123 Å². The minimum Gasteiger partial charge on any atom is -0.457 e. The predicted octanol–water partition coefficient (Wildman–Crippen LogP) is 5.96. The van der Waals surface area contributed by atoms with Crippen molar-refractivity contribution in [2.45, 2.75) is 52.4 Å². The number of carbonyl (C=O) groups excluding carboxylic acids is 1. The Morgan fingerprint density at radius 2 is 1.79 bits per heavy atom. The van der Waals surface area contributed by atoms with Crippen molar-refractivity contribution in [1.82, 2.24) is 19.9 Å². The third-order valence-corrected chi connectivity index (χ3v) is 6.87. The van der Waals surface area contributed by atoms with E-state index in [2.05, 4.69) is 30.6 Å². The minimum absolute atomic E-state index is 0.140. The molecule has 11 heteroatoms. The summed E-state index contributed by atoms with van der Waals surface area (Å²) in [5.74, 6) is 2.10. The molecule has 6 rings (SSSR count). The number of anilines is 3. The molecule has 2 unspecified atom stereocenters. The van der Waals surface area contributed by atoms with E-state index in [-0.39, 0.29) is 18.2 Å². The average Bonchev–Trinajstić information content (AvgIpc) is 3.50. The molecule has 0 aliphatic carbocycles. The quantitative estimate of drug-likeness (QED) is 0.300. The van der Waals surface area contributed by atoms with Gasteiger partial charge in [-0.05, 0) is 88.7 Å². The summed E-state index contributed by atoms with van der Waals surface area (Å²) in [4.78, 5) is 32.0. The van der Waals surface area contributed by atoms with E-state index in [1.807, 2.05) is 83.1 Å². The van der Waals surface area contributed by atoms with Crippen molar-refractivity contribution < 1.29 is 19.0 Å². The number of ether oxygens (including phenoxy) is 3. The van der Waals surface area contributed by atoms with Crippen LogP contribution in [-0.2, 0) is 9.47 Å². The Morgan fingerprint density at radius 3 is 2.52 bits per heavy atom. The summed E-state index contributed by atoms with van der Waals surface area (Å²) in [7, 11) is 0. The van der Waals surface area contributed by atoms with Crippen LogP contribution >= 0.6 is 0 Å². The molecule has 0 radical (unpaired) electrons. The van der Waals surface area contributed by atoms with Gasteiger partial charge in [0.2, 0.25) is 0 Å². The first-order valence-corrected chi connectivity index (χ1v) is 13.8. The molecular formula is C31H33N7O4. The fraction of sp³-hybridized carbons (Fsp3) is 0.323. The van der Waals surface area contributed by atoms with Crippen LogP contribution in [0.2, 0.25) is 0 Å². The van der Waals surface area contributed by atoms with E-state index in [1.165, 1.54) is 6.33 Å². The SMILES string of the molecule is Cc1ccc(Oc2ccc(Nc3ncnc4ccc(NC5=NC6CN(C(=O)OC(C)(C)C)CC6O5)cc34)cc2C)cn1. The van der Waals surface area contributed by atoms with Crippen molar-refractivity contribution in [1.29, 1.82) is 0 Å². The summed E-state index contributed by atoms with van der Waals surface area (Å²) in [6, 6.07) is 15.8. The van der Waals surface area contributed by atoms with Crippen molar-refractivity contribution >= 4 is 40.2 Å². The Hall–Kier alpha value is -4.93. The molecule has 4 heterocycles. The molecule has 1 amide bonds. The molecule has 2 aliphatic heterocycles. The van der Waals surface area contributed by atoms with Gasteiger partial charge in [0.05, 0.1) is 24.8 Å². The number of benzene rings is 2. The van der Waals surface area contributed by atoms with Gasteiger partial charge < -0.3 is 29.7 Å². The van der Waals surface area contributed by atoms with Crippen LogP contribution in [0.1, 0.15) is 32.0 Å². The highest BCUT2D eigenvalue weighted by molar-refractivity contribution is 5.97. The molecule has 2 atom stereocenters. The molecule has 2 aliphatic rings. The Morgan fingerprint density at radius 1 is 0.976 bits per heavy atom. The zero-order valence-electron chi connectivity index (χ0n) is 24.2. The van der Waals surface area contributed by atoms with Gasteiger partial charge in [0.1, 0.15) is 41.4 Å². The second-order valence-electron chi connectivity index (χ2n) is 11.5. The van der Waals surface area contributed by atoms with Crippen molar-refractivity contribution in [3.8, 4) is 11.5 Å². The van der Waals surface area contributed by atoms with Gasteiger partial charge in [-0.15, -0.1) is 0 Å². The monoisotopic (exact) mass is 567 g/mol. The number of rotatable bonds is 5. The van der Waals surface area contributed by atoms with Gasteiger partial charge in [0.25, 0.3) is 6.02 Å². The van der Waals surface area contributed by atoms with Crippen LogP contribution in [0.3, 0.4) is 0 Å². The lowest BCUT2D eigenvalue weighted by atomic mass is 10.1. The standard InChI is InChI=1S/C31H33N7O4/c1-18-12-20(8-11-26(18)40-22-9-6-19(2)32-14-22)35-28-23-13-21(7-10-24(23)33-17-34-28)36-29-37-25-15-38(16-27(25)41-29)30(39)42-31(3,4)5/h6-14,17,25,27H,15-16H2,1-5H3,(H,36,37)(H,33,34,35). The molecule has 2 aromatic carbocycles. The third kappa shape index (κ3) is 6.04. The van der Waals surface area contributed by atoms with E-state index in [4.69, 9.17) is 14.2 Å². The largest absolute Gasteiger partial charge is 0.457 e. The lowest BCUT2D eigenvalue weighted by Gasteiger charge is -2.24. The van der Waals surface area contributed by atoms with Crippen LogP contribution in [0.25, 0.3) is 10.9 Å². The van der Waals surface area contributed by atoms with Gasteiger partial charge in [-0.2, -0.15) is 0 Å². The number of hydrogen-bond donors (Lipinski definition) is 2. The number of pyridine rings is 1. The average molecular weight is 568 g/mol. The van der Waals surface area contributed by atoms with E-state index < -0.39 is 5.60 Å². The van der Waals surface area contributed by atoms with Crippen molar-refractivity contribution in [3.63, 3.8) is 0 Å². The van der Waals surface area contributed by atoms with E-state index in [0.717, 1.165) is 39.3 Å². The van der Waals surface area contributed by atoms with Gasteiger partial charge in [-0.25, -0.2) is 19.8 Å². The van der Waals surface area contributed by atoms with E-state index in [0.29, 0.717) is 30.7 Å². The lowest BCUT2D eigenvalue weighted by molar-refractivity contribution is 0.0271. The number of fused-ring (bicyclic) bond motifs is 2. The van der Waals surface area contributed by atoms with Crippen molar-refractivity contribution in [2.24, 2.45) is 4.99 Å². The van der Waals surface area contributed by atoms with Gasteiger partial charge >= 0.3 is 6.09 Å².